The van der Waals surface area contributed by atoms with Crippen LogP contribution in [-0.4, -0.2) is 40.7 Å². The zero-order valence-electron chi connectivity index (χ0n) is 16.9. The van der Waals surface area contributed by atoms with Crippen molar-refractivity contribution in [2.75, 3.05) is 5.32 Å². The molecule has 31 heavy (non-hydrogen) atoms. The molecule has 0 radical (unpaired) electrons. The number of nitrogens with zero attached hydrogens (tertiary/aromatic N) is 5. The van der Waals surface area contributed by atoms with Gasteiger partial charge in [-0.05, 0) is 30.9 Å². The number of nitrogens with one attached hydrogen (secondary N) is 3. The number of imidazole rings is 1. The van der Waals surface area contributed by atoms with Gasteiger partial charge in [-0.25, -0.2) is 9.79 Å². The first-order valence-corrected chi connectivity index (χ1v) is 10.2. The minimum absolute atomic E-state index is 0.0397. The van der Waals surface area contributed by atoms with Gasteiger partial charge in [-0.1, -0.05) is 37.3 Å². The number of hydrogen-bond acceptors (Lipinski definition) is 7. The molecule has 0 amide bonds. The Hall–Kier alpha value is -3.95. The molecule has 10 heteroatoms. The lowest BCUT2D eigenvalue weighted by atomic mass is 10.1. The van der Waals surface area contributed by atoms with Gasteiger partial charge in [0.05, 0.1) is 18.3 Å². The van der Waals surface area contributed by atoms with Crippen molar-refractivity contribution < 1.29 is 5.11 Å². The Morgan fingerprint density at radius 3 is 2.77 bits per heavy atom. The SMILES string of the molecule is CC[C@H](Nc1nc(=NC2CC2)n2ncc(=Cc3[nH]c(=O)[nH]c3O)c2n1)c1ccccc1. The summed E-state index contributed by atoms with van der Waals surface area (Å²) in [6, 6.07) is 10.4. The minimum atomic E-state index is -0.490. The van der Waals surface area contributed by atoms with Gasteiger partial charge >= 0.3 is 5.69 Å². The van der Waals surface area contributed by atoms with Gasteiger partial charge in [-0.2, -0.15) is 19.6 Å². The van der Waals surface area contributed by atoms with E-state index in [2.05, 4.69) is 54.4 Å². The fourth-order valence-corrected chi connectivity index (χ4v) is 3.41. The molecule has 1 aromatic carbocycles. The summed E-state index contributed by atoms with van der Waals surface area (Å²) in [4.78, 5) is 30.3. The molecule has 0 bridgehead atoms. The van der Waals surface area contributed by atoms with Gasteiger partial charge in [0.2, 0.25) is 11.8 Å². The van der Waals surface area contributed by atoms with Gasteiger partial charge in [0, 0.05) is 5.22 Å². The molecule has 0 aliphatic heterocycles. The maximum Gasteiger partial charge on any atom is 0.326 e. The first-order chi connectivity index (χ1) is 15.1. The van der Waals surface area contributed by atoms with Gasteiger partial charge in [-0.15, -0.1) is 0 Å². The standard InChI is InChI=1S/C21H22N8O2/c1-2-15(12-6-4-3-5-7-12)24-19-26-17-13(10-16-18(30)27-21(31)25-16)11-22-29(17)20(28-19)23-14-8-9-14/h3-7,10-11,14-15,30H,2,8-9H2,1H3,(H,23,24,28)(H2,25,27,31)/t15-/m0/s1. The summed E-state index contributed by atoms with van der Waals surface area (Å²) in [5.74, 6) is 0.208. The summed E-state index contributed by atoms with van der Waals surface area (Å²) in [5.41, 5.74) is 1.91. The molecule has 4 aromatic rings. The highest BCUT2D eigenvalue weighted by Gasteiger charge is 2.21. The summed E-state index contributed by atoms with van der Waals surface area (Å²) >= 11 is 0. The number of anilines is 1. The van der Waals surface area contributed by atoms with Crippen LogP contribution in [0.1, 0.15) is 43.5 Å². The molecule has 3 aromatic heterocycles. The highest BCUT2D eigenvalue weighted by Crippen LogP contribution is 2.23. The van der Waals surface area contributed by atoms with E-state index in [0.29, 0.717) is 22.4 Å². The Morgan fingerprint density at radius 2 is 2.10 bits per heavy atom. The lowest BCUT2D eigenvalue weighted by Crippen LogP contribution is -2.25. The van der Waals surface area contributed by atoms with Crippen molar-refractivity contribution in [1.82, 2.24) is 29.5 Å². The zero-order valence-corrected chi connectivity index (χ0v) is 16.9. The highest BCUT2D eigenvalue weighted by atomic mass is 16.3. The Labute approximate surface area is 176 Å². The smallest absolute Gasteiger partial charge is 0.326 e. The third-order valence-electron chi connectivity index (χ3n) is 5.17. The van der Waals surface area contributed by atoms with Crippen molar-refractivity contribution in [2.45, 2.75) is 38.3 Å². The Morgan fingerprint density at radius 1 is 1.29 bits per heavy atom. The molecule has 0 saturated heterocycles. The number of H-pyrrole nitrogens is 2. The molecule has 3 heterocycles. The summed E-state index contributed by atoms with van der Waals surface area (Å²) in [7, 11) is 0. The van der Waals surface area contributed by atoms with Crippen LogP contribution in [0.5, 0.6) is 5.88 Å². The molecule has 5 rings (SSSR count). The van der Waals surface area contributed by atoms with Gasteiger partial charge in [-0.3, -0.25) is 4.98 Å². The number of benzene rings is 1. The van der Waals surface area contributed by atoms with E-state index in [1.807, 2.05) is 18.2 Å². The maximum absolute atomic E-state index is 11.5. The first-order valence-electron chi connectivity index (χ1n) is 10.2. The van der Waals surface area contributed by atoms with E-state index >= 15 is 0 Å². The van der Waals surface area contributed by atoms with Crippen LogP contribution in [0.25, 0.3) is 11.7 Å². The molecule has 158 valence electrons. The van der Waals surface area contributed by atoms with Crippen LogP contribution in [0.2, 0.25) is 0 Å². The molecular weight excluding hydrogens is 396 g/mol. The average Bonchev–Trinajstić information content (AvgIpc) is 3.41. The van der Waals surface area contributed by atoms with Crippen LogP contribution in [0, 0.1) is 0 Å². The largest absolute Gasteiger partial charge is 0.493 e. The summed E-state index contributed by atoms with van der Waals surface area (Å²) in [6.45, 7) is 2.10. The maximum atomic E-state index is 11.5. The molecule has 1 saturated carbocycles. The van der Waals surface area contributed by atoms with Crippen LogP contribution in [0.3, 0.4) is 0 Å². The van der Waals surface area contributed by atoms with E-state index in [4.69, 9.17) is 0 Å². The normalized spacial score (nSPS) is 16.2. The number of aromatic hydroxyl groups is 1. The van der Waals surface area contributed by atoms with Gasteiger partial charge in [0.15, 0.2) is 5.65 Å². The number of aromatic nitrogens is 6. The van der Waals surface area contributed by atoms with E-state index in [-0.39, 0.29) is 23.7 Å². The number of aromatic amines is 2. The molecule has 1 aliphatic rings. The van der Waals surface area contributed by atoms with Gasteiger partial charge < -0.3 is 15.4 Å². The van der Waals surface area contributed by atoms with Crippen molar-refractivity contribution in [3.05, 3.63) is 69.1 Å². The van der Waals surface area contributed by atoms with Crippen molar-refractivity contribution in [3.63, 3.8) is 0 Å². The van der Waals surface area contributed by atoms with Crippen LogP contribution in [-0.2, 0) is 0 Å². The van der Waals surface area contributed by atoms with E-state index in [1.54, 1.807) is 16.8 Å². The molecular formula is C21H22N8O2. The number of rotatable bonds is 6. The number of hydrogen-bond donors (Lipinski definition) is 4. The monoisotopic (exact) mass is 418 g/mol. The molecule has 0 unspecified atom stereocenters. The van der Waals surface area contributed by atoms with Crippen LogP contribution < -0.4 is 21.8 Å². The zero-order chi connectivity index (χ0) is 21.4. The first kappa shape index (κ1) is 19.0. The highest BCUT2D eigenvalue weighted by molar-refractivity contribution is 5.57. The second-order valence-electron chi connectivity index (χ2n) is 7.54. The molecule has 1 atom stereocenters. The lowest BCUT2D eigenvalue weighted by Gasteiger charge is -2.17. The molecule has 1 aliphatic carbocycles. The topological polar surface area (TPSA) is 136 Å². The summed E-state index contributed by atoms with van der Waals surface area (Å²) < 4.78 is 1.58. The van der Waals surface area contributed by atoms with E-state index in [0.717, 1.165) is 24.8 Å². The van der Waals surface area contributed by atoms with Crippen LogP contribution in [0.4, 0.5) is 5.95 Å². The Bertz CT molecular complexity index is 1400. The summed E-state index contributed by atoms with van der Waals surface area (Å²) in [6.07, 6.45) is 6.15. The quantitative estimate of drug-likeness (QED) is 0.369. The van der Waals surface area contributed by atoms with Crippen molar-refractivity contribution in [2.24, 2.45) is 4.99 Å². The molecule has 4 N–H and O–H groups in total. The third kappa shape index (κ3) is 3.91. The van der Waals surface area contributed by atoms with E-state index in [1.165, 1.54) is 0 Å². The average molecular weight is 418 g/mol. The molecule has 1 fully saturated rings. The second kappa shape index (κ2) is 7.71. The third-order valence-corrected chi connectivity index (χ3v) is 5.17. The van der Waals surface area contributed by atoms with E-state index in [9.17, 15) is 9.90 Å². The van der Waals surface area contributed by atoms with Crippen molar-refractivity contribution in [1.29, 1.82) is 0 Å². The Balaban J connectivity index is 1.64. The Kier molecular flexibility index (Phi) is 4.73. The fraction of sp³-hybridized carbons (Fsp3) is 0.286. The van der Waals surface area contributed by atoms with Crippen molar-refractivity contribution in [3.8, 4) is 5.88 Å². The number of fused-ring (bicyclic) bond motifs is 1. The summed E-state index contributed by atoms with van der Waals surface area (Å²) in [5, 5.41) is 18.3. The minimum Gasteiger partial charge on any atom is -0.493 e. The fourth-order valence-electron chi connectivity index (χ4n) is 3.41. The second-order valence-corrected chi connectivity index (χ2v) is 7.54. The van der Waals surface area contributed by atoms with Crippen molar-refractivity contribution >= 4 is 17.7 Å². The van der Waals surface area contributed by atoms with Gasteiger partial charge in [0.1, 0.15) is 5.69 Å². The van der Waals surface area contributed by atoms with Crippen LogP contribution >= 0.6 is 0 Å². The predicted octanol–water partition coefficient (Wildman–Crippen LogP) is 1.02. The predicted molar refractivity (Wildman–Crippen MR) is 114 cm³/mol. The van der Waals surface area contributed by atoms with Crippen LogP contribution in [0.15, 0.2) is 46.3 Å². The molecule has 10 nitrogen and oxygen atoms in total. The van der Waals surface area contributed by atoms with E-state index < -0.39 is 5.69 Å². The lowest BCUT2D eigenvalue weighted by molar-refractivity contribution is 0.454. The van der Waals surface area contributed by atoms with Gasteiger partial charge in [0.25, 0.3) is 5.62 Å². The molecule has 0 spiro atoms.